The van der Waals surface area contributed by atoms with Crippen molar-refractivity contribution in [3.05, 3.63) is 76.1 Å². The van der Waals surface area contributed by atoms with Crippen molar-refractivity contribution in [2.45, 2.75) is 20.4 Å². The summed E-state index contributed by atoms with van der Waals surface area (Å²) in [5, 5.41) is 3.85. The molecule has 3 rings (SSSR count). The number of aromatic nitrogens is 1. The van der Waals surface area contributed by atoms with Crippen LogP contribution in [0.5, 0.6) is 0 Å². The van der Waals surface area contributed by atoms with E-state index in [0.29, 0.717) is 13.1 Å². The van der Waals surface area contributed by atoms with Gasteiger partial charge in [-0.15, -0.1) is 0 Å². The number of benzene rings is 2. The molecule has 2 N–H and O–H groups in total. The molecule has 0 unspecified atom stereocenters. The third-order valence-corrected chi connectivity index (χ3v) is 4.17. The predicted octanol–water partition coefficient (Wildman–Crippen LogP) is 3.89. The maximum Gasteiger partial charge on any atom is 0.322 e. The van der Waals surface area contributed by atoms with E-state index in [2.05, 4.69) is 10.3 Å². The fraction of sp³-hybridized carbons (Fsp3) is 0.200. The molecule has 0 spiro atoms. The highest BCUT2D eigenvalue weighted by molar-refractivity contribution is 5.90. The number of rotatable bonds is 4. The first-order valence-corrected chi connectivity index (χ1v) is 8.30. The molecule has 25 heavy (non-hydrogen) atoms. The average Bonchev–Trinajstić information content (AvgIpc) is 2.61. The lowest BCUT2D eigenvalue weighted by Gasteiger charge is -2.22. The monoisotopic (exact) mass is 335 g/mol. The van der Waals surface area contributed by atoms with E-state index in [1.165, 1.54) is 0 Å². The van der Waals surface area contributed by atoms with Crippen LogP contribution in [0.3, 0.4) is 0 Å². The summed E-state index contributed by atoms with van der Waals surface area (Å²) in [6.07, 6.45) is 0. The van der Waals surface area contributed by atoms with Gasteiger partial charge in [-0.25, -0.2) is 4.79 Å². The number of hydrogen-bond acceptors (Lipinski definition) is 2. The molecule has 1 aromatic heterocycles. The Balaban J connectivity index is 1.83. The Morgan fingerprint density at radius 2 is 1.84 bits per heavy atom. The van der Waals surface area contributed by atoms with E-state index in [-0.39, 0.29) is 11.6 Å². The van der Waals surface area contributed by atoms with Crippen molar-refractivity contribution in [1.82, 2.24) is 9.88 Å². The van der Waals surface area contributed by atoms with E-state index in [4.69, 9.17) is 0 Å². The van der Waals surface area contributed by atoms with E-state index in [1.54, 1.807) is 11.0 Å². The summed E-state index contributed by atoms with van der Waals surface area (Å²) >= 11 is 0. The predicted molar refractivity (Wildman–Crippen MR) is 101 cm³/mol. The summed E-state index contributed by atoms with van der Waals surface area (Å²) in [7, 11) is 0. The van der Waals surface area contributed by atoms with Crippen molar-refractivity contribution < 1.29 is 4.79 Å². The lowest BCUT2D eigenvalue weighted by molar-refractivity contribution is 0.212. The van der Waals surface area contributed by atoms with Crippen molar-refractivity contribution in [1.29, 1.82) is 0 Å². The molecule has 1 heterocycles. The number of anilines is 1. The van der Waals surface area contributed by atoms with Gasteiger partial charge in [-0.2, -0.15) is 0 Å². The van der Waals surface area contributed by atoms with Crippen LogP contribution in [0.4, 0.5) is 10.5 Å². The van der Waals surface area contributed by atoms with E-state index < -0.39 is 0 Å². The summed E-state index contributed by atoms with van der Waals surface area (Å²) in [6.45, 7) is 4.84. The minimum Gasteiger partial charge on any atom is -0.322 e. The zero-order valence-corrected chi connectivity index (χ0v) is 14.4. The normalized spacial score (nSPS) is 10.6. The molecule has 0 saturated heterocycles. The number of fused-ring (bicyclic) bond motifs is 1. The second kappa shape index (κ2) is 7.21. The molecule has 0 aliphatic heterocycles. The average molecular weight is 335 g/mol. The Morgan fingerprint density at radius 1 is 1.12 bits per heavy atom. The number of H-pyrrole nitrogens is 1. The lowest BCUT2D eigenvalue weighted by atomic mass is 10.1. The number of para-hydroxylation sites is 1. The van der Waals surface area contributed by atoms with Crippen LogP contribution in [0.1, 0.15) is 18.1 Å². The van der Waals surface area contributed by atoms with Crippen LogP contribution in [0.15, 0.2) is 59.4 Å². The Morgan fingerprint density at radius 3 is 2.56 bits per heavy atom. The van der Waals surface area contributed by atoms with Crippen LogP contribution in [0.25, 0.3) is 10.9 Å². The minimum atomic E-state index is -0.185. The summed E-state index contributed by atoms with van der Waals surface area (Å²) in [5.41, 5.74) is 3.34. The molecule has 0 bridgehead atoms. The lowest BCUT2D eigenvalue weighted by Crippen LogP contribution is -2.34. The molecule has 0 aliphatic carbocycles. The number of carbonyl (C=O) groups is 1. The molecule has 2 amide bonds. The van der Waals surface area contributed by atoms with Crippen LogP contribution >= 0.6 is 0 Å². The Kier molecular flexibility index (Phi) is 4.84. The Labute approximate surface area is 146 Å². The number of nitrogens with zero attached hydrogens (tertiary/aromatic N) is 1. The molecule has 0 radical (unpaired) electrons. The molecule has 5 heteroatoms. The summed E-state index contributed by atoms with van der Waals surface area (Å²) in [4.78, 5) is 29.0. The molecule has 0 fully saturated rings. The van der Waals surface area contributed by atoms with E-state index in [0.717, 1.165) is 27.7 Å². The van der Waals surface area contributed by atoms with E-state index in [1.807, 2.05) is 62.4 Å². The smallest absolute Gasteiger partial charge is 0.322 e. The second-order valence-corrected chi connectivity index (χ2v) is 6.01. The van der Waals surface area contributed by atoms with Crippen LogP contribution < -0.4 is 10.9 Å². The fourth-order valence-corrected chi connectivity index (χ4v) is 2.78. The number of urea groups is 1. The van der Waals surface area contributed by atoms with E-state index in [9.17, 15) is 9.59 Å². The third kappa shape index (κ3) is 3.88. The zero-order valence-electron chi connectivity index (χ0n) is 14.4. The van der Waals surface area contributed by atoms with Crippen molar-refractivity contribution in [2.75, 3.05) is 11.9 Å². The minimum absolute atomic E-state index is 0.163. The first-order chi connectivity index (χ1) is 12.1. The molecule has 0 saturated carbocycles. The highest BCUT2D eigenvalue weighted by Crippen LogP contribution is 2.17. The van der Waals surface area contributed by atoms with Crippen LogP contribution in [-0.4, -0.2) is 22.5 Å². The van der Waals surface area contributed by atoms with Gasteiger partial charge < -0.3 is 15.2 Å². The summed E-state index contributed by atoms with van der Waals surface area (Å²) in [5.74, 6) is 0. The van der Waals surface area contributed by atoms with Crippen molar-refractivity contribution in [3.8, 4) is 0 Å². The maximum atomic E-state index is 12.6. The number of hydrogen-bond donors (Lipinski definition) is 2. The topological polar surface area (TPSA) is 65.2 Å². The highest BCUT2D eigenvalue weighted by atomic mass is 16.2. The standard InChI is InChI=1S/C20H21N3O2/c1-3-23(20(25)21-16-10-8-14(2)9-11-16)13-15-12-19(24)22-18-7-5-4-6-17(15)18/h4-12H,3,13H2,1-2H3,(H,21,25)(H,22,24). The SMILES string of the molecule is CCN(Cc1cc(=O)[nH]c2ccccc12)C(=O)Nc1ccc(C)cc1. The van der Waals surface area contributed by atoms with Gasteiger partial charge in [-0.1, -0.05) is 35.9 Å². The van der Waals surface area contributed by atoms with Gasteiger partial charge >= 0.3 is 6.03 Å². The van der Waals surface area contributed by atoms with Crippen LogP contribution in [0.2, 0.25) is 0 Å². The van der Waals surface area contributed by atoms with Crippen LogP contribution in [-0.2, 0) is 6.54 Å². The zero-order chi connectivity index (χ0) is 17.8. The molecule has 3 aromatic rings. The number of carbonyl (C=O) groups excluding carboxylic acids is 1. The van der Waals surface area contributed by atoms with Gasteiger partial charge in [0.05, 0.1) is 0 Å². The van der Waals surface area contributed by atoms with Gasteiger partial charge in [0.25, 0.3) is 0 Å². The van der Waals surface area contributed by atoms with Gasteiger partial charge in [0, 0.05) is 35.7 Å². The highest BCUT2D eigenvalue weighted by Gasteiger charge is 2.14. The first-order valence-electron chi connectivity index (χ1n) is 8.30. The molecule has 0 atom stereocenters. The largest absolute Gasteiger partial charge is 0.322 e. The number of nitrogens with one attached hydrogen (secondary N) is 2. The Bertz CT molecular complexity index is 945. The third-order valence-electron chi connectivity index (χ3n) is 4.17. The van der Waals surface area contributed by atoms with Gasteiger partial charge in [0.1, 0.15) is 0 Å². The quantitative estimate of drug-likeness (QED) is 0.759. The Hall–Kier alpha value is -3.08. The maximum absolute atomic E-state index is 12.6. The number of aromatic amines is 1. The number of pyridine rings is 1. The van der Waals surface area contributed by atoms with Gasteiger partial charge in [0.15, 0.2) is 0 Å². The first kappa shape index (κ1) is 16.8. The van der Waals surface area contributed by atoms with Gasteiger partial charge in [0.2, 0.25) is 5.56 Å². The fourth-order valence-electron chi connectivity index (χ4n) is 2.78. The van der Waals surface area contributed by atoms with Crippen molar-refractivity contribution in [2.24, 2.45) is 0 Å². The molecule has 128 valence electrons. The van der Waals surface area contributed by atoms with Gasteiger partial charge in [-0.3, -0.25) is 4.79 Å². The number of aryl methyl sites for hydroxylation is 1. The summed E-state index contributed by atoms with van der Waals surface area (Å²) < 4.78 is 0. The summed E-state index contributed by atoms with van der Waals surface area (Å²) in [6, 6.07) is 16.7. The molecule has 2 aromatic carbocycles. The van der Waals surface area contributed by atoms with Crippen molar-refractivity contribution in [3.63, 3.8) is 0 Å². The molecular formula is C20H21N3O2. The van der Waals surface area contributed by atoms with Gasteiger partial charge in [-0.05, 0) is 37.6 Å². The number of amides is 2. The second-order valence-electron chi connectivity index (χ2n) is 6.01. The molecule has 0 aliphatic rings. The van der Waals surface area contributed by atoms with E-state index >= 15 is 0 Å². The molecular weight excluding hydrogens is 314 g/mol. The van der Waals surface area contributed by atoms with Crippen molar-refractivity contribution >= 4 is 22.6 Å². The molecule has 5 nitrogen and oxygen atoms in total. The van der Waals surface area contributed by atoms with Crippen LogP contribution in [0, 0.1) is 6.92 Å².